The predicted octanol–water partition coefficient (Wildman–Crippen LogP) is 4.28. The van der Waals surface area contributed by atoms with Crippen LogP contribution in [-0.2, 0) is 10.0 Å². The number of hydrogen-bond acceptors (Lipinski definition) is 8. The number of furan rings is 1. The van der Waals surface area contributed by atoms with Gasteiger partial charge in [0, 0.05) is 35.5 Å². The summed E-state index contributed by atoms with van der Waals surface area (Å²) in [6.07, 6.45) is 2.67. The maximum Gasteiger partial charge on any atom is 0.272 e. The fraction of sp³-hybridized carbons (Fsp3) is 0.0870. The predicted molar refractivity (Wildman–Crippen MR) is 122 cm³/mol. The van der Waals surface area contributed by atoms with Crippen LogP contribution >= 0.6 is 0 Å². The van der Waals surface area contributed by atoms with Gasteiger partial charge in [-0.25, -0.2) is 8.42 Å². The van der Waals surface area contributed by atoms with Gasteiger partial charge in [-0.05, 0) is 50.2 Å². The van der Waals surface area contributed by atoms with Crippen LogP contribution in [0.25, 0.3) is 11.0 Å². The first kappa shape index (κ1) is 22.8. The lowest BCUT2D eigenvalue weighted by Crippen LogP contribution is -2.37. The highest BCUT2D eigenvalue weighted by molar-refractivity contribution is 7.93. The number of fused-ring (bicyclic) bond motifs is 1. The molecule has 0 spiro atoms. The summed E-state index contributed by atoms with van der Waals surface area (Å²) < 4.78 is 33.5. The molecule has 0 bridgehead atoms. The van der Waals surface area contributed by atoms with Crippen LogP contribution < -0.4 is 4.31 Å². The van der Waals surface area contributed by atoms with Crippen LogP contribution in [0.15, 0.2) is 76.3 Å². The van der Waals surface area contributed by atoms with Crippen molar-refractivity contribution < 1.29 is 27.3 Å². The summed E-state index contributed by atoms with van der Waals surface area (Å²) in [5, 5.41) is 11.5. The Morgan fingerprint density at radius 2 is 1.76 bits per heavy atom. The average Bonchev–Trinajstić information content (AvgIpc) is 3.15. The highest BCUT2D eigenvalue weighted by Gasteiger charge is 2.33. The quantitative estimate of drug-likeness (QED) is 0.227. The lowest BCUT2D eigenvalue weighted by atomic mass is 10.1. The Morgan fingerprint density at radius 1 is 1.06 bits per heavy atom. The number of non-ortho nitro benzene ring substituents is 1. The maximum atomic E-state index is 13.7. The van der Waals surface area contributed by atoms with Crippen molar-refractivity contribution in [3.05, 3.63) is 94.0 Å². The number of aryl methyl sites for hydroxylation is 1. The number of pyridine rings is 1. The van der Waals surface area contributed by atoms with Gasteiger partial charge >= 0.3 is 0 Å². The van der Waals surface area contributed by atoms with Crippen LogP contribution in [0.2, 0.25) is 0 Å². The molecule has 0 unspecified atom stereocenters. The van der Waals surface area contributed by atoms with E-state index in [2.05, 4.69) is 4.98 Å². The summed E-state index contributed by atoms with van der Waals surface area (Å²) in [5.74, 6) is -0.840. The number of nitro groups is 1. The highest BCUT2D eigenvalue weighted by Crippen LogP contribution is 2.33. The Morgan fingerprint density at radius 3 is 2.41 bits per heavy atom. The Kier molecular flexibility index (Phi) is 5.71. The van der Waals surface area contributed by atoms with E-state index >= 15 is 0 Å². The average molecular weight is 479 g/mol. The Balaban J connectivity index is 1.97. The number of nitrogens with zero attached hydrogens (tertiary/aromatic N) is 3. The molecule has 1 amide bonds. The topological polar surface area (TPSA) is 141 Å². The third-order valence-electron chi connectivity index (χ3n) is 5.11. The molecule has 0 aliphatic heterocycles. The molecule has 0 N–H and O–H groups in total. The van der Waals surface area contributed by atoms with Gasteiger partial charge in [-0.3, -0.25) is 24.7 Å². The standard InChI is InChI=1S/C23H17N3O7S/c1-14(27)22-15(2)33-21-7-6-17(13-20(21)22)25(23(28)16-8-10-24-11-9-16)34(31,32)19-5-3-4-18(12-19)26(29)30/h3-13H,1-2H3. The Hall–Kier alpha value is -4.38. The third-order valence-corrected chi connectivity index (χ3v) is 6.82. The Labute approximate surface area is 193 Å². The second kappa shape index (κ2) is 8.52. The van der Waals surface area contributed by atoms with E-state index in [9.17, 15) is 28.1 Å². The van der Waals surface area contributed by atoms with Crippen LogP contribution in [0.3, 0.4) is 0 Å². The summed E-state index contributed by atoms with van der Waals surface area (Å²) in [4.78, 5) is 39.5. The van der Waals surface area contributed by atoms with Crippen molar-refractivity contribution in [3.63, 3.8) is 0 Å². The molecule has 2 heterocycles. The number of Topliss-reactive ketones (excluding diaryl/α,β-unsaturated/α-hetero) is 1. The first-order valence-corrected chi connectivity index (χ1v) is 11.3. The molecule has 0 radical (unpaired) electrons. The SMILES string of the molecule is CC(=O)c1c(C)oc2ccc(N(C(=O)c3ccncc3)S(=O)(=O)c3cccc([N+](=O)[O-])c3)cc12. The van der Waals surface area contributed by atoms with Gasteiger partial charge in [0.05, 0.1) is 21.1 Å². The minimum Gasteiger partial charge on any atom is -0.461 e. The number of anilines is 1. The number of rotatable bonds is 6. The van der Waals surface area contributed by atoms with Gasteiger partial charge in [-0.15, -0.1) is 0 Å². The van der Waals surface area contributed by atoms with E-state index in [1.165, 1.54) is 55.7 Å². The van der Waals surface area contributed by atoms with E-state index in [0.29, 0.717) is 21.0 Å². The number of amides is 1. The van der Waals surface area contributed by atoms with Crippen molar-refractivity contribution in [2.24, 2.45) is 0 Å². The number of nitro benzene ring substituents is 1. The fourth-order valence-corrected chi connectivity index (χ4v) is 5.06. The zero-order valence-electron chi connectivity index (χ0n) is 18.0. The number of carbonyl (C=O) groups excluding carboxylic acids is 2. The van der Waals surface area contributed by atoms with Crippen molar-refractivity contribution in [1.29, 1.82) is 0 Å². The molecule has 2 aromatic heterocycles. The second-order valence-corrected chi connectivity index (χ2v) is 9.12. The summed E-state index contributed by atoms with van der Waals surface area (Å²) in [5.41, 5.74) is 0.122. The van der Waals surface area contributed by atoms with Gasteiger partial charge in [0.1, 0.15) is 11.3 Å². The largest absolute Gasteiger partial charge is 0.461 e. The summed E-state index contributed by atoms with van der Waals surface area (Å²) in [6.45, 7) is 2.96. The van der Waals surface area contributed by atoms with Crippen LogP contribution in [0.1, 0.15) is 33.4 Å². The zero-order chi connectivity index (χ0) is 24.6. The summed E-state index contributed by atoms with van der Waals surface area (Å²) in [6, 6.07) is 11.3. The van der Waals surface area contributed by atoms with Crippen molar-refractivity contribution in [3.8, 4) is 0 Å². The lowest BCUT2D eigenvalue weighted by Gasteiger charge is -2.23. The number of ketones is 1. The van der Waals surface area contributed by atoms with Crippen molar-refractivity contribution in [2.45, 2.75) is 18.7 Å². The minimum absolute atomic E-state index is 0.0271. The van der Waals surface area contributed by atoms with Crippen LogP contribution in [0.5, 0.6) is 0 Å². The molecule has 172 valence electrons. The number of aromatic nitrogens is 1. The van der Waals surface area contributed by atoms with Gasteiger partial charge in [0.25, 0.3) is 21.6 Å². The molecule has 0 aliphatic carbocycles. The van der Waals surface area contributed by atoms with E-state index < -0.39 is 31.4 Å². The van der Waals surface area contributed by atoms with E-state index in [1.807, 2.05) is 0 Å². The van der Waals surface area contributed by atoms with Gasteiger partial charge in [0.15, 0.2) is 5.78 Å². The fourth-order valence-electron chi connectivity index (χ4n) is 3.61. The molecule has 0 atom stereocenters. The number of hydrogen-bond donors (Lipinski definition) is 0. The molecular formula is C23H17N3O7S. The molecule has 0 fully saturated rings. The van der Waals surface area contributed by atoms with Crippen LogP contribution in [-0.4, -0.2) is 30.0 Å². The van der Waals surface area contributed by atoms with Gasteiger partial charge < -0.3 is 4.42 Å². The van der Waals surface area contributed by atoms with Gasteiger partial charge in [-0.2, -0.15) is 4.31 Å². The van der Waals surface area contributed by atoms with Crippen LogP contribution in [0, 0.1) is 17.0 Å². The first-order valence-electron chi connectivity index (χ1n) is 9.89. The van der Waals surface area contributed by atoms with Crippen molar-refractivity contribution >= 4 is 44.1 Å². The third kappa shape index (κ3) is 3.92. The molecule has 0 aliphatic rings. The molecule has 2 aromatic carbocycles. The molecule has 10 nitrogen and oxygen atoms in total. The summed E-state index contributed by atoms with van der Waals surface area (Å²) in [7, 11) is -4.61. The zero-order valence-corrected chi connectivity index (χ0v) is 18.8. The normalized spacial score (nSPS) is 11.4. The maximum absolute atomic E-state index is 13.7. The van der Waals surface area contributed by atoms with Gasteiger partial charge in [0.2, 0.25) is 0 Å². The van der Waals surface area contributed by atoms with E-state index in [4.69, 9.17) is 4.42 Å². The number of sulfonamides is 1. The van der Waals surface area contributed by atoms with Crippen LogP contribution in [0.4, 0.5) is 11.4 Å². The van der Waals surface area contributed by atoms with E-state index in [0.717, 1.165) is 18.2 Å². The highest BCUT2D eigenvalue weighted by atomic mass is 32.2. The van der Waals surface area contributed by atoms with E-state index in [-0.39, 0.29) is 22.6 Å². The summed E-state index contributed by atoms with van der Waals surface area (Å²) >= 11 is 0. The first-order chi connectivity index (χ1) is 16.1. The molecule has 0 saturated heterocycles. The molecule has 4 aromatic rings. The number of benzene rings is 2. The van der Waals surface area contributed by atoms with Crippen molar-refractivity contribution in [2.75, 3.05) is 4.31 Å². The monoisotopic (exact) mass is 479 g/mol. The van der Waals surface area contributed by atoms with Crippen molar-refractivity contribution in [1.82, 2.24) is 4.98 Å². The van der Waals surface area contributed by atoms with Gasteiger partial charge in [-0.1, -0.05) is 6.07 Å². The molecule has 0 saturated carbocycles. The molecular weight excluding hydrogens is 462 g/mol. The molecule has 34 heavy (non-hydrogen) atoms. The molecule has 11 heteroatoms. The Bertz CT molecular complexity index is 1560. The molecule has 4 rings (SSSR count). The minimum atomic E-state index is -4.61. The number of carbonyl (C=O) groups is 2. The smallest absolute Gasteiger partial charge is 0.272 e. The second-order valence-electron chi connectivity index (χ2n) is 7.33. The van der Waals surface area contributed by atoms with E-state index in [1.54, 1.807) is 6.92 Å². The lowest BCUT2D eigenvalue weighted by molar-refractivity contribution is -0.385.